The van der Waals surface area contributed by atoms with E-state index in [9.17, 15) is 18.0 Å². The molecule has 2 N–H and O–H groups in total. The number of amides is 2. The van der Waals surface area contributed by atoms with Crippen molar-refractivity contribution in [2.24, 2.45) is 0 Å². The zero-order valence-electron chi connectivity index (χ0n) is 13.9. The standard InChI is InChI=1S/C18H12N2O6S/c1-10-14(17(21)20-18(22)15(10)9-19)8-12-4-7-16(26-12)11-2-5-13(6-3-11)27(23,24)25/h2-8H,1H3,(H,20,21,22)(H,23,24,25)/b14-8-. The van der Waals surface area contributed by atoms with Gasteiger partial charge >= 0.3 is 0 Å². The van der Waals surface area contributed by atoms with Gasteiger partial charge in [0.2, 0.25) is 0 Å². The van der Waals surface area contributed by atoms with Crippen LogP contribution < -0.4 is 5.32 Å². The molecule has 9 heteroatoms. The number of nitriles is 1. The summed E-state index contributed by atoms with van der Waals surface area (Å²) < 4.78 is 36.8. The van der Waals surface area contributed by atoms with Gasteiger partial charge in [-0.05, 0) is 55.0 Å². The van der Waals surface area contributed by atoms with Gasteiger partial charge in [0.1, 0.15) is 23.2 Å². The summed E-state index contributed by atoms with van der Waals surface area (Å²) >= 11 is 0. The van der Waals surface area contributed by atoms with E-state index >= 15 is 0 Å². The first-order valence-corrected chi connectivity index (χ1v) is 9.01. The smallest absolute Gasteiger partial charge is 0.294 e. The molecule has 0 radical (unpaired) electrons. The van der Waals surface area contributed by atoms with E-state index in [1.54, 1.807) is 18.2 Å². The van der Waals surface area contributed by atoms with Gasteiger partial charge in [0.25, 0.3) is 21.9 Å². The van der Waals surface area contributed by atoms with Crippen LogP contribution in [-0.2, 0) is 19.7 Å². The molecule has 136 valence electrons. The number of nitrogens with one attached hydrogen (secondary N) is 1. The predicted molar refractivity (Wildman–Crippen MR) is 93.4 cm³/mol. The van der Waals surface area contributed by atoms with Crippen LogP contribution in [0.15, 0.2) is 62.4 Å². The Morgan fingerprint density at radius 3 is 2.37 bits per heavy atom. The molecule has 0 saturated carbocycles. The van der Waals surface area contributed by atoms with Crippen molar-refractivity contribution in [1.29, 1.82) is 5.26 Å². The fraction of sp³-hybridized carbons (Fsp3) is 0.0556. The van der Waals surface area contributed by atoms with Crippen LogP contribution in [0.2, 0.25) is 0 Å². The van der Waals surface area contributed by atoms with Gasteiger partial charge in [-0.25, -0.2) is 0 Å². The molecule has 0 saturated heterocycles. The molecule has 2 heterocycles. The van der Waals surface area contributed by atoms with Crippen LogP contribution in [0.3, 0.4) is 0 Å². The van der Waals surface area contributed by atoms with Crippen LogP contribution in [0.1, 0.15) is 12.7 Å². The molecular weight excluding hydrogens is 372 g/mol. The summed E-state index contributed by atoms with van der Waals surface area (Å²) in [6.45, 7) is 1.50. The summed E-state index contributed by atoms with van der Waals surface area (Å²) in [7, 11) is -4.28. The van der Waals surface area contributed by atoms with E-state index in [1.165, 1.54) is 37.3 Å². The van der Waals surface area contributed by atoms with Crippen molar-refractivity contribution in [2.45, 2.75) is 11.8 Å². The van der Waals surface area contributed by atoms with Gasteiger partial charge in [-0.1, -0.05) is 0 Å². The molecule has 1 aliphatic heterocycles. The summed E-state index contributed by atoms with van der Waals surface area (Å²) in [6, 6.07) is 10.4. The van der Waals surface area contributed by atoms with Crippen LogP contribution in [0.5, 0.6) is 0 Å². The minimum Gasteiger partial charge on any atom is -0.457 e. The maximum absolute atomic E-state index is 12.0. The van der Waals surface area contributed by atoms with E-state index in [2.05, 4.69) is 5.32 Å². The van der Waals surface area contributed by atoms with E-state index < -0.39 is 21.9 Å². The number of hydrogen-bond acceptors (Lipinski definition) is 6. The van der Waals surface area contributed by atoms with Gasteiger partial charge in [-0.2, -0.15) is 13.7 Å². The van der Waals surface area contributed by atoms with Crippen molar-refractivity contribution < 1.29 is 27.0 Å². The second kappa shape index (κ2) is 6.68. The first-order chi connectivity index (χ1) is 12.7. The van der Waals surface area contributed by atoms with Crippen molar-refractivity contribution in [2.75, 3.05) is 0 Å². The Kier molecular flexibility index (Phi) is 4.53. The molecule has 2 amide bonds. The third kappa shape index (κ3) is 3.57. The average molecular weight is 384 g/mol. The number of nitrogens with zero attached hydrogens (tertiary/aromatic N) is 1. The lowest BCUT2D eigenvalue weighted by Gasteiger charge is -2.15. The molecule has 0 bridgehead atoms. The van der Waals surface area contributed by atoms with E-state index in [4.69, 9.17) is 14.2 Å². The molecule has 1 aromatic carbocycles. The molecule has 0 aliphatic carbocycles. The highest BCUT2D eigenvalue weighted by atomic mass is 32.2. The third-order valence-electron chi connectivity index (χ3n) is 3.94. The number of furan rings is 1. The van der Waals surface area contributed by atoms with Gasteiger partial charge < -0.3 is 4.42 Å². The molecule has 1 aromatic heterocycles. The quantitative estimate of drug-likeness (QED) is 0.469. The first-order valence-electron chi connectivity index (χ1n) is 7.57. The lowest BCUT2D eigenvalue weighted by atomic mass is 9.96. The summed E-state index contributed by atoms with van der Waals surface area (Å²) in [4.78, 5) is 23.4. The van der Waals surface area contributed by atoms with Crippen molar-refractivity contribution in [3.8, 4) is 17.4 Å². The SMILES string of the molecule is CC1=C(C#N)C(=O)NC(=O)/C1=C\c1ccc(-c2ccc(S(=O)(=O)O)cc2)o1. The molecular formula is C18H12N2O6S. The average Bonchev–Trinajstić information content (AvgIpc) is 3.07. The molecule has 1 aliphatic rings. The largest absolute Gasteiger partial charge is 0.457 e. The molecule has 0 spiro atoms. The molecule has 3 rings (SSSR count). The van der Waals surface area contributed by atoms with Gasteiger partial charge in [0.15, 0.2) is 0 Å². The van der Waals surface area contributed by atoms with Gasteiger partial charge in [0.05, 0.1) is 4.90 Å². The number of carbonyl (C=O) groups is 2. The Morgan fingerprint density at radius 1 is 1.11 bits per heavy atom. The van der Waals surface area contributed by atoms with Gasteiger partial charge in [-0.15, -0.1) is 0 Å². The van der Waals surface area contributed by atoms with Crippen molar-refractivity contribution in [3.05, 3.63) is 58.9 Å². The predicted octanol–water partition coefficient (Wildman–Crippen LogP) is 2.07. The highest BCUT2D eigenvalue weighted by Crippen LogP contribution is 2.27. The van der Waals surface area contributed by atoms with Crippen LogP contribution in [0.4, 0.5) is 0 Å². The topological polar surface area (TPSA) is 137 Å². The molecule has 0 fully saturated rings. The second-order valence-corrected chi connectivity index (χ2v) is 7.08. The monoisotopic (exact) mass is 384 g/mol. The first kappa shape index (κ1) is 18.3. The summed E-state index contributed by atoms with van der Waals surface area (Å²) in [6.07, 6.45) is 1.41. The number of rotatable bonds is 3. The fourth-order valence-electron chi connectivity index (χ4n) is 2.54. The van der Waals surface area contributed by atoms with E-state index in [-0.39, 0.29) is 21.6 Å². The Bertz CT molecular complexity index is 1160. The Morgan fingerprint density at radius 2 is 1.78 bits per heavy atom. The Balaban J connectivity index is 1.96. The Hall–Kier alpha value is -3.48. The number of hydrogen-bond donors (Lipinski definition) is 2. The molecule has 8 nitrogen and oxygen atoms in total. The van der Waals surface area contributed by atoms with E-state index in [0.717, 1.165) is 0 Å². The molecule has 27 heavy (non-hydrogen) atoms. The second-order valence-electron chi connectivity index (χ2n) is 5.65. The fourth-order valence-corrected chi connectivity index (χ4v) is 3.02. The Labute approximate surface area is 154 Å². The zero-order valence-corrected chi connectivity index (χ0v) is 14.7. The van der Waals surface area contributed by atoms with E-state index in [1.807, 2.05) is 0 Å². The minimum atomic E-state index is -4.28. The van der Waals surface area contributed by atoms with Crippen molar-refractivity contribution >= 4 is 28.0 Å². The zero-order chi connectivity index (χ0) is 19.8. The molecule has 0 atom stereocenters. The number of carbonyl (C=O) groups excluding carboxylic acids is 2. The highest BCUT2D eigenvalue weighted by Gasteiger charge is 2.27. The highest BCUT2D eigenvalue weighted by molar-refractivity contribution is 7.85. The normalized spacial score (nSPS) is 16.4. The van der Waals surface area contributed by atoms with Gasteiger partial charge in [-0.3, -0.25) is 19.5 Å². The maximum Gasteiger partial charge on any atom is 0.294 e. The van der Waals surface area contributed by atoms with Crippen molar-refractivity contribution in [3.63, 3.8) is 0 Å². The molecule has 0 unspecified atom stereocenters. The van der Waals surface area contributed by atoms with Crippen LogP contribution in [-0.4, -0.2) is 24.8 Å². The summed E-state index contributed by atoms with van der Waals surface area (Å²) in [5.41, 5.74) is 0.796. The lowest BCUT2D eigenvalue weighted by Crippen LogP contribution is -2.37. The minimum absolute atomic E-state index is 0.133. The summed E-state index contributed by atoms with van der Waals surface area (Å²) in [5.74, 6) is -0.665. The number of benzene rings is 1. The third-order valence-corrected chi connectivity index (χ3v) is 4.81. The maximum atomic E-state index is 12.0. The lowest BCUT2D eigenvalue weighted by molar-refractivity contribution is -0.126. The van der Waals surface area contributed by atoms with Gasteiger partial charge in [0, 0.05) is 11.1 Å². The summed E-state index contributed by atoms with van der Waals surface area (Å²) in [5, 5.41) is 11.1. The van der Waals surface area contributed by atoms with Crippen molar-refractivity contribution in [1.82, 2.24) is 5.32 Å². The number of imide groups is 1. The van der Waals surface area contributed by atoms with E-state index in [0.29, 0.717) is 17.1 Å². The van der Waals surface area contributed by atoms with Crippen LogP contribution in [0.25, 0.3) is 17.4 Å². The molecule has 2 aromatic rings. The van der Waals surface area contributed by atoms with Crippen LogP contribution >= 0.6 is 0 Å². The van der Waals surface area contributed by atoms with Crippen LogP contribution in [0, 0.1) is 11.3 Å².